The zero-order valence-electron chi connectivity index (χ0n) is 17.7. The molecule has 0 aliphatic carbocycles. The summed E-state index contributed by atoms with van der Waals surface area (Å²) in [6.45, 7) is 5.00. The van der Waals surface area contributed by atoms with Crippen LogP contribution in [-0.4, -0.2) is 26.3 Å². The van der Waals surface area contributed by atoms with Crippen molar-refractivity contribution in [3.63, 3.8) is 0 Å². The molecule has 9 heteroatoms. The molecule has 1 aromatic carbocycles. The van der Waals surface area contributed by atoms with Gasteiger partial charge in [0.25, 0.3) is 11.1 Å². The highest BCUT2D eigenvalue weighted by Crippen LogP contribution is 2.25. The Bertz CT molecular complexity index is 1200. The number of thiophene rings is 1. The van der Waals surface area contributed by atoms with E-state index in [0.29, 0.717) is 21.9 Å². The van der Waals surface area contributed by atoms with Crippen LogP contribution in [0.5, 0.6) is 5.75 Å². The van der Waals surface area contributed by atoms with E-state index >= 15 is 0 Å². The molecule has 0 atom stereocenters. The number of Topliss-reactive ketones (excluding diaryl/α,β-unsaturated/α-hetero) is 1. The van der Waals surface area contributed by atoms with Crippen molar-refractivity contribution in [2.45, 2.75) is 38.6 Å². The Kier molecular flexibility index (Phi) is 7.34. The summed E-state index contributed by atoms with van der Waals surface area (Å²) < 4.78 is 13.4. The maximum atomic E-state index is 12.8. The summed E-state index contributed by atoms with van der Waals surface area (Å²) in [7, 11) is 0. The second-order valence-corrected chi connectivity index (χ2v) is 9.52. The maximum Gasteiger partial charge on any atom is 0.277 e. The lowest BCUT2D eigenvalue weighted by atomic mass is 10.2. The fraction of sp³-hybridized carbons (Fsp3) is 0.261. The number of hydrogen-bond donors (Lipinski definition) is 0. The van der Waals surface area contributed by atoms with E-state index in [-0.39, 0.29) is 18.1 Å². The van der Waals surface area contributed by atoms with Crippen LogP contribution in [0.1, 0.15) is 32.5 Å². The molecule has 0 amide bonds. The number of aromatic nitrogens is 3. The van der Waals surface area contributed by atoms with Crippen molar-refractivity contribution in [1.29, 1.82) is 0 Å². The number of carbonyl (C=O) groups is 1. The molecular weight excluding hydrogens is 466 g/mol. The van der Waals surface area contributed by atoms with Crippen molar-refractivity contribution in [1.82, 2.24) is 14.8 Å². The zero-order chi connectivity index (χ0) is 22.5. The van der Waals surface area contributed by atoms with E-state index in [9.17, 15) is 4.79 Å². The summed E-state index contributed by atoms with van der Waals surface area (Å²) in [6, 6.07) is 13.3. The van der Waals surface area contributed by atoms with Gasteiger partial charge >= 0.3 is 0 Å². The third-order valence-corrected chi connectivity index (χ3v) is 7.07. The second-order valence-electron chi connectivity index (χ2n) is 7.16. The van der Waals surface area contributed by atoms with E-state index in [1.807, 2.05) is 32.0 Å². The lowest BCUT2D eigenvalue weighted by Crippen LogP contribution is -2.08. The molecular formula is C23H22ClN3O3S2. The standard InChI is InChI=1S/C23H22ClN3O3S2/c1-15-12-18(16(2)27(15)10-9-17-6-5-11-31-17)20(28)14-32-23-26-25-22(30-23)13-29-21-8-4-3-7-19(21)24/h3-8,11-12H,9-10,13-14H2,1-2H3. The molecule has 0 unspecified atom stereocenters. The molecule has 0 aliphatic heterocycles. The highest BCUT2D eigenvalue weighted by Gasteiger charge is 2.18. The minimum absolute atomic E-state index is 0.0394. The number of carbonyl (C=O) groups excluding carboxylic acids is 1. The van der Waals surface area contributed by atoms with Gasteiger partial charge in [0.05, 0.1) is 10.8 Å². The van der Waals surface area contributed by atoms with Crippen LogP contribution in [0.3, 0.4) is 0 Å². The van der Waals surface area contributed by atoms with Gasteiger partial charge in [-0.1, -0.05) is 41.6 Å². The topological polar surface area (TPSA) is 70.2 Å². The van der Waals surface area contributed by atoms with Gasteiger partial charge in [-0.2, -0.15) is 0 Å². The van der Waals surface area contributed by atoms with Crippen LogP contribution < -0.4 is 4.74 Å². The van der Waals surface area contributed by atoms with E-state index in [0.717, 1.165) is 29.9 Å². The van der Waals surface area contributed by atoms with Crippen LogP contribution in [0.2, 0.25) is 5.02 Å². The highest BCUT2D eigenvalue weighted by atomic mass is 35.5. The Morgan fingerprint density at radius 1 is 1.22 bits per heavy atom. The van der Waals surface area contributed by atoms with Gasteiger partial charge in [-0.3, -0.25) is 4.79 Å². The van der Waals surface area contributed by atoms with E-state index < -0.39 is 0 Å². The summed E-state index contributed by atoms with van der Waals surface area (Å²) in [5.74, 6) is 1.14. The number of hydrogen-bond acceptors (Lipinski definition) is 7. The molecule has 0 fully saturated rings. The number of ketones is 1. The predicted octanol–water partition coefficient (Wildman–Crippen LogP) is 6.00. The Morgan fingerprint density at radius 3 is 2.84 bits per heavy atom. The van der Waals surface area contributed by atoms with E-state index in [1.54, 1.807) is 23.5 Å². The summed E-state index contributed by atoms with van der Waals surface area (Å²) in [5.41, 5.74) is 2.82. The first kappa shape index (κ1) is 22.6. The van der Waals surface area contributed by atoms with Gasteiger partial charge in [0.2, 0.25) is 0 Å². The Hall–Kier alpha value is -2.55. The van der Waals surface area contributed by atoms with Gasteiger partial charge in [-0.05, 0) is 49.9 Å². The molecule has 3 aromatic heterocycles. The van der Waals surface area contributed by atoms with E-state index in [2.05, 4.69) is 32.3 Å². The first-order chi connectivity index (χ1) is 15.5. The Morgan fingerprint density at radius 2 is 2.06 bits per heavy atom. The molecule has 0 bridgehead atoms. The molecule has 6 nitrogen and oxygen atoms in total. The minimum atomic E-state index is 0.0394. The number of rotatable bonds is 10. The zero-order valence-corrected chi connectivity index (χ0v) is 20.1. The van der Waals surface area contributed by atoms with Crippen molar-refractivity contribution < 1.29 is 13.9 Å². The van der Waals surface area contributed by atoms with Gasteiger partial charge in [-0.15, -0.1) is 21.5 Å². The third-order valence-electron chi connectivity index (χ3n) is 5.00. The molecule has 0 radical (unpaired) electrons. The number of aryl methyl sites for hydroxylation is 2. The SMILES string of the molecule is Cc1cc(C(=O)CSc2nnc(COc3ccccc3Cl)o2)c(C)n1CCc1cccs1. The number of halogens is 1. The molecule has 32 heavy (non-hydrogen) atoms. The molecule has 0 saturated carbocycles. The highest BCUT2D eigenvalue weighted by molar-refractivity contribution is 7.99. The largest absolute Gasteiger partial charge is 0.482 e. The monoisotopic (exact) mass is 487 g/mol. The quantitative estimate of drug-likeness (QED) is 0.202. The smallest absolute Gasteiger partial charge is 0.277 e. The molecule has 0 saturated heterocycles. The number of nitrogens with zero attached hydrogens (tertiary/aromatic N) is 3. The summed E-state index contributed by atoms with van der Waals surface area (Å²) in [6.07, 6.45) is 0.956. The maximum absolute atomic E-state index is 12.8. The molecule has 4 aromatic rings. The molecule has 0 spiro atoms. The van der Waals surface area contributed by atoms with Crippen LogP contribution >= 0.6 is 34.7 Å². The second kappa shape index (κ2) is 10.4. The van der Waals surface area contributed by atoms with Crippen molar-refractivity contribution in [2.24, 2.45) is 0 Å². The van der Waals surface area contributed by atoms with Gasteiger partial charge in [-0.25, -0.2) is 0 Å². The Labute approximate surface area is 199 Å². The van der Waals surface area contributed by atoms with Crippen LogP contribution in [0.25, 0.3) is 0 Å². The van der Waals surface area contributed by atoms with Crippen LogP contribution in [0.4, 0.5) is 0 Å². The molecule has 166 valence electrons. The van der Waals surface area contributed by atoms with Gasteiger partial charge in [0.1, 0.15) is 5.75 Å². The Balaban J connectivity index is 1.32. The van der Waals surface area contributed by atoms with Crippen LogP contribution in [0.15, 0.2) is 57.5 Å². The first-order valence-corrected chi connectivity index (χ1v) is 12.3. The van der Waals surface area contributed by atoms with E-state index in [4.69, 9.17) is 20.8 Å². The van der Waals surface area contributed by atoms with Gasteiger partial charge < -0.3 is 13.7 Å². The fourth-order valence-corrected chi connectivity index (χ4v) is 4.92. The van der Waals surface area contributed by atoms with Gasteiger partial charge in [0.15, 0.2) is 12.4 Å². The third kappa shape index (κ3) is 5.43. The van der Waals surface area contributed by atoms with Crippen molar-refractivity contribution >= 4 is 40.5 Å². The summed E-state index contributed by atoms with van der Waals surface area (Å²) >= 11 is 9.06. The average Bonchev–Trinajstić information content (AvgIpc) is 3.52. The number of thioether (sulfide) groups is 1. The van der Waals surface area contributed by atoms with Crippen molar-refractivity contribution in [3.05, 3.63) is 80.6 Å². The van der Waals surface area contributed by atoms with Crippen molar-refractivity contribution in [2.75, 3.05) is 5.75 Å². The lowest BCUT2D eigenvalue weighted by Gasteiger charge is -2.09. The predicted molar refractivity (Wildman–Crippen MR) is 127 cm³/mol. The van der Waals surface area contributed by atoms with Crippen molar-refractivity contribution in [3.8, 4) is 5.75 Å². The van der Waals surface area contributed by atoms with Crippen LogP contribution in [0, 0.1) is 13.8 Å². The molecule has 0 aliphatic rings. The average molecular weight is 488 g/mol. The number of para-hydroxylation sites is 1. The number of ether oxygens (including phenoxy) is 1. The lowest BCUT2D eigenvalue weighted by molar-refractivity contribution is 0.102. The normalized spacial score (nSPS) is 11.1. The summed E-state index contributed by atoms with van der Waals surface area (Å²) in [5, 5.41) is 10.9. The van der Waals surface area contributed by atoms with Gasteiger partial charge in [0, 0.05) is 28.4 Å². The first-order valence-electron chi connectivity index (χ1n) is 10.1. The van der Waals surface area contributed by atoms with Crippen LogP contribution in [-0.2, 0) is 19.6 Å². The minimum Gasteiger partial charge on any atom is -0.482 e. The number of benzene rings is 1. The molecule has 0 N–H and O–H groups in total. The molecule has 4 rings (SSSR count). The summed E-state index contributed by atoms with van der Waals surface area (Å²) in [4.78, 5) is 14.2. The molecule has 3 heterocycles. The van der Waals surface area contributed by atoms with E-state index in [1.165, 1.54) is 16.6 Å². The fourth-order valence-electron chi connectivity index (χ4n) is 3.37.